The molecule has 1 N–H and O–H groups in total. The van der Waals surface area contributed by atoms with Crippen molar-refractivity contribution in [3.8, 4) is 0 Å². The Hall–Kier alpha value is -0.830. The van der Waals surface area contributed by atoms with Gasteiger partial charge in [-0.05, 0) is 38.5 Å². The Balaban J connectivity index is 1.78. The zero-order valence-corrected chi connectivity index (χ0v) is 18.9. The monoisotopic (exact) mass is 393 g/mol. The lowest BCUT2D eigenvalue weighted by Crippen LogP contribution is -2.25. The molecule has 1 unspecified atom stereocenters. The van der Waals surface area contributed by atoms with Gasteiger partial charge in [-0.3, -0.25) is 0 Å². The predicted molar refractivity (Wildman–Crippen MR) is 122 cm³/mol. The highest BCUT2D eigenvalue weighted by atomic mass is 16.5. The number of aliphatic hydroxyl groups is 1. The van der Waals surface area contributed by atoms with Crippen molar-refractivity contribution in [2.24, 2.45) is 4.99 Å². The van der Waals surface area contributed by atoms with E-state index in [9.17, 15) is 5.11 Å². The largest absolute Gasteiger partial charge is 0.476 e. The summed E-state index contributed by atoms with van der Waals surface area (Å²) < 4.78 is 5.48. The molecule has 0 saturated carbocycles. The fourth-order valence-corrected chi connectivity index (χ4v) is 3.68. The summed E-state index contributed by atoms with van der Waals surface area (Å²) in [4.78, 5) is 4.29. The molecule has 1 aliphatic heterocycles. The van der Waals surface area contributed by atoms with Crippen LogP contribution in [-0.4, -0.2) is 23.3 Å². The molecule has 1 rings (SSSR count). The van der Waals surface area contributed by atoms with E-state index in [2.05, 4.69) is 24.1 Å². The van der Waals surface area contributed by atoms with Crippen molar-refractivity contribution in [1.82, 2.24) is 0 Å². The maximum Gasteiger partial charge on any atom is 0.193 e. The SMILES string of the molecule is CCCCCCCCCCC=CCCCCCCCCC1=NC(O)(CC)CO1. The smallest absolute Gasteiger partial charge is 0.193 e. The summed E-state index contributed by atoms with van der Waals surface area (Å²) in [5.41, 5.74) is -0.947. The quantitative estimate of drug-likeness (QED) is 0.180. The minimum atomic E-state index is -0.947. The van der Waals surface area contributed by atoms with Crippen molar-refractivity contribution in [3.05, 3.63) is 12.2 Å². The third-order valence-corrected chi connectivity index (χ3v) is 5.77. The van der Waals surface area contributed by atoms with Gasteiger partial charge in [0.15, 0.2) is 11.6 Å². The van der Waals surface area contributed by atoms with Crippen LogP contribution in [0.4, 0.5) is 0 Å². The van der Waals surface area contributed by atoms with Crippen LogP contribution in [-0.2, 0) is 4.74 Å². The Kier molecular flexibility index (Phi) is 15.4. The van der Waals surface area contributed by atoms with Crippen molar-refractivity contribution >= 4 is 5.90 Å². The summed E-state index contributed by atoms with van der Waals surface area (Å²) >= 11 is 0. The highest BCUT2D eigenvalue weighted by Gasteiger charge is 2.31. The molecule has 1 atom stereocenters. The molecule has 164 valence electrons. The summed E-state index contributed by atoms with van der Waals surface area (Å²) in [6, 6.07) is 0. The van der Waals surface area contributed by atoms with Gasteiger partial charge >= 0.3 is 0 Å². The number of rotatable bonds is 19. The molecule has 1 heterocycles. The average Bonchev–Trinajstić information content (AvgIpc) is 3.09. The molecular weight excluding hydrogens is 346 g/mol. The van der Waals surface area contributed by atoms with E-state index in [4.69, 9.17) is 4.74 Å². The second-order valence-electron chi connectivity index (χ2n) is 8.53. The van der Waals surface area contributed by atoms with Crippen molar-refractivity contribution in [1.29, 1.82) is 0 Å². The Labute approximate surface area is 175 Å². The number of hydrogen-bond donors (Lipinski definition) is 1. The van der Waals surface area contributed by atoms with Crippen LogP contribution in [0.1, 0.15) is 129 Å². The maximum absolute atomic E-state index is 10.0. The summed E-state index contributed by atoms with van der Waals surface area (Å²) in [7, 11) is 0. The normalized spacial score (nSPS) is 19.3. The molecule has 0 amide bonds. The van der Waals surface area contributed by atoms with Crippen molar-refractivity contribution in [2.45, 2.75) is 135 Å². The van der Waals surface area contributed by atoms with E-state index in [0.29, 0.717) is 13.0 Å². The highest BCUT2D eigenvalue weighted by Crippen LogP contribution is 2.21. The van der Waals surface area contributed by atoms with Crippen LogP contribution < -0.4 is 0 Å². The van der Waals surface area contributed by atoms with E-state index in [1.165, 1.54) is 96.3 Å². The zero-order chi connectivity index (χ0) is 20.3. The molecular formula is C25H47NO2. The summed E-state index contributed by atoms with van der Waals surface area (Å²) in [6.07, 6.45) is 27.8. The van der Waals surface area contributed by atoms with Gasteiger partial charge in [0, 0.05) is 6.42 Å². The predicted octanol–water partition coefficient (Wildman–Crippen LogP) is 7.72. The molecule has 0 fully saturated rings. The Morgan fingerprint density at radius 1 is 0.786 bits per heavy atom. The highest BCUT2D eigenvalue weighted by molar-refractivity contribution is 5.77. The molecule has 0 aromatic rings. The minimum Gasteiger partial charge on any atom is -0.476 e. The first kappa shape index (κ1) is 25.2. The fourth-order valence-electron chi connectivity index (χ4n) is 3.68. The van der Waals surface area contributed by atoms with Crippen LogP contribution in [0, 0.1) is 0 Å². The molecule has 0 saturated heterocycles. The minimum absolute atomic E-state index is 0.339. The lowest BCUT2D eigenvalue weighted by molar-refractivity contribution is 0.0196. The number of hydrogen-bond acceptors (Lipinski definition) is 3. The Morgan fingerprint density at radius 2 is 1.29 bits per heavy atom. The van der Waals surface area contributed by atoms with Crippen LogP contribution in [0.15, 0.2) is 17.1 Å². The maximum atomic E-state index is 10.0. The van der Waals surface area contributed by atoms with E-state index in [1.54, 1.807) is 0 Å². The fraction of sp³-hybridized carbons (Fsp3) is 0.880. The van der Waals surface area contributed by atoms with Crippen LogP contribution in [0.3, 0.4) is 0 Å². The Morgan fingerprint density at radius 3 is 1.79 bits per heavy atom. The van der Waals surface area contributed by atoms with Gasteiger partial charge in [-0.15, -0.1) is 0 Å². The van der Waals surface area contributed by atoms with Crippen molar-refractivity contribution in [2.75, 3.05) is 6.61 Å². The van der Waals surface area contributed by atoms with Gasteiger partial charge in [0.25, 0.3) is 0 Å². The number of allylic oxidation sites excluding steroid dienone is 2. The molecule has 28 heavy (non-hydrogen) atoms. The van der Waals surface area contributed by atoms with Gasteiger partial charge < -0.3 is 9.84 Å². The van der Waals surface area contributed by atoms with Gasteiger partial charge in [-0.2, -0.15) is 0 Å². The van der Waals surface area contributed by atoms with Gasteiger partial charge in [0.2, 0.25) is 0 Å². The van der Waals surface area contributed by atoms with E-state index in [1.807, 2.05) is 6.92 Å². The summed E-state index contributed by atoms with van der Waals surface area (Å²) in [5, 5.41) is 10.0. The number of aliphatic imine (C=N–C) groups is 1. The van der Waals surface area contributed by atoms with Gasteiger partial charge in [-0.25, -0.2) is 4.99 Å². The number of ether oxygens (including phenoxy) is 1. The molecule has 0 aliphatic carbocycles. The van der Waals surface area contributed by atoms with Crippen molar-refractivity contribution < 1.29 is 9.84 Å². The molecule has 0 spiro atoms. The molecule has 0 aromatic carbocycles. The zero-order valence-electron chi connectivity index (χ0n) is 18.9. The number of nitrogens with zero attached hydrogens (tertiary/aromatic N) is 1. The number of unbranched alkanes of at least 4 members (excludes halogenated alkanes) is 14. The first-order valence-electron chi connectivity index (χ1n) is 12.3. The van der Waals surface area contributed by atoms with Crippen molar-refractivity contribution in [3.63, 3.8) is 0 Å². The molecule has 0 aromatic heterocycles. The molecule has 3 heteroatoms. The lowest BCUT2D eigenvalue weighted by Gasteiger charge is -2.12. The van der Waals surface area contributed by atoms with E-state index in [0.717, 1.165) is 18.7 Å². The molecule has 0 bridgehead atoms. The summed E-state index contributed by atoms with van der Waals surface area (Å²) in [6.45, 7) is 4.57. The van der Waals surface area contributed by atoms with Crippen LogP contribution in [0.2, 0.25) is 0 Å². The topological polar surface area (TPSA) is 41.8 Å². The van der Waals surface area contributed by atoms with Gasteiger partial charge in [0.1, 0.15) is 6.61 Å². The first-order valence-corrected chi connectivity index (χ1v) is 12.3. The van der Waals surface area contributed by atoms with E-state index < -0.39 is 5.72 Å². The standard InChI is InChI=1S/C25H47NO2/c1-3-5-6-7-8-9-10-11-12-13-14-15-16-17-18-19-20-21-22-24-26-25(27,4-2)23-28-24/h13-14,27H,3-12,15-23H2,1-2H3. The second-order valence-corrected chi connectivity index (χ2v) is 8.53. The van der Waals surface area contributed by atoms with E-state index in [-0.39, 0.29) is 0 Å². The van der Waals surface area contributed by atoms with Crippen LogP contribution in [0.5, 0.6) is 0 Å². The summed E-state index contributed by atoms with van der Waals surface area (Å²) in [5.74, 6) is 0.756. The first-order chi connectivity index (χ1) is 13.7. The Bertz CT molecular complexity index is 419. The molecule has 0 radical (unpaired) electrons. The van der Waals surface area contributed by atoms with Gasteiger partial charge in [-0.1, -0.05) is 96.6 Å². The molecule has 3 nitrogen and oxygen atoms in total. The van der Waals surface area contributed by atoms with Gasteiger partial charge in [0.05, 0.1) is 0 Å². The van der Waals surface area contributed by atoms with Crippen LogP contribution in [0.25, 0.3) is 0 Å². The molecule has 1 aliphatic rings. The van der Waals surface area contributed by atoms with E-state index >= 15 is 0 Å². The second kappa shape index (κ2) is 17.1. The lowest BCUT2D eigenvalue weighted by atomic mass is 10.1. The van der Waals surface area contributed by atoms with Crippen LogP contribution >= 0.6 is 0 Å². The average molecular weight is 394 g/mol. The third kappa shape index (κ3) is 13.4. The third-order valence-electron chi connectivity index (χ3n) is 5.77.